The summed E-state index contributed by atoms with van der Waals surface area (Å²) >= 11 is 0. The average Bonchev–Trinajstić information content (AvgIpc) is 2.42. The zero-order valence-electron chi connectivity index (χ0n) is 12.2. The Hall–Kier alpha value is -1.06. The van der Waals surface area contributed by atoms with Crippen molar-refractivity contribution in [1.29, 1.82) is 0 Å². The molecular weight excluding hydrogens is 238 g/mol. The number of aliphatic hydroxyl groups is 1. The second-order valence-electron chi connectivity index (χ2n) is 5.61. The first kappa shape index (κ1) is 14.4. The number of rotatable bonds is 4. The molecule has 0 saturated carbocycles. The average molecular weight is 263 g/mol. The van der Waals surface area contributed by atoms with Crippen LogP contribution in [0.15, 0.2) is 18.2 Å². The summed E-state index contributed by atoms with van der Waals surface area (Å²) in [5, 5.41) is 9.28. The van der Waals surface area contributed by atoms with E-state index >= 15 is 0 Å². The summed E-state index contributed by atoms with van der Waals surface area (Å²) in [6, 6.07) is 7.18. The predicted molar refractivity (Wildman–Crippen MR) is 77.2 cm³/mol. The molecule has 2 rings (SSSR count). The Morgan fingerprint density at radius 3 is 2.53 bits per heavy atom. The molecule has 2 atom stereocenters. The van der Waals surface area contributed by atoms with Crippen molar-refractivity contribution in [3.63, 3.8) is 0 Å². The standard InChI is InChI=1S/C16H25NO2/c1-12-5-4-6-13(2)17(12)10-15-9-14(11-18)7-8-16(15)19-3/h7-9,12-13,18H,4-6,10-11H2,1-3H3. The molecule has 1 fully saturated rings. The van der Waals surface area contributed by atoms with Gasteiger partial charge in [-0.05, 0) is 44.4 Å². The van der Waals surface area contributed by atoms with Crippen molar-refractivity contribution in [2.75, 3.05) is 7.11 Å². The summed E-state index contributed by atoms with van der Waals surface area (Å²) in [5.41, 5.74) is 2.13. The predicted octanol–water partition coefficient (Wildman–Crippen LogP) is 2.95. The lowest BCUT2D eigenvalue weighted by Crippen LogP contribution is -2.43. The van der Waals surface area contributed by atoms with Crippen LogP contribution in [0.25, 0.3) is 0 Å². The molecule has 1 aromatic carbocycles. The van der Waals surface area contributed by atoms with E-state index in [4.69, 9.17) is 4.74 Å². The van der Waals surface area contributed by atoms with E-state index < -0.39 is 0 Å². The van der Waals surface area contributed by atoms with E-state index in [1.807, 2.05) is 12.1 Å². The van der Waals surface area contributed by atoms with Crippen molar-refractivity contribution in [2.45, 2.75) is 58.3 Å². The summed E-state index contributed by atoms with van der Waals surface area (Å²) < 4.78 is 5.45. The minimum absolute atomic E-state index is 0.0854. The number of hydrogen-bond acceptors (Lipinski definition) is 3. The number of methoxy groups -OCH3 is 1. The van der Waals surface area contributed by atoms with E-state index in [9.17, 15) is 5.11 Å². The number of ether oxygens (including phenoxy) is 1. The number of likely N-dealkylation sites (tertiary alicyclic amines) is 1. The van der Waals surface area contributed by atoms with E-state index in [2.05, 4.69) is 24.8 Å². The van der Waals surface area contributed by atoms with Gasteiger partial charge in [-0.25, -0.2) is 0 Å². The van der Waals surface area contributed by atoms with Crippen molar-refractivity contribution >= 4 is 0 Å². The highest BCUT2D eigenvalue weighted by Crippen LogP contribution is 2.28. The summed E-state index contributed by atoms with van der Waals surface area (Å²) in [6.45, 7) is 5.59. The Morgan fingerprint density at radius 1 is 1.26 bits per heavy atom. The molecule has 1 heterocycles. The maximum Gasteiger partial charge on any atom is 0.123 e. The minimum Gasteiger partial charge on any atom is -0.496 e. The van der Waals surface area contributed by atoms with Crippen LogP contribution in [0.4, 0.5) is 0 Å². The molecule has 1 N–H and O–H groups in total. The third kappa shape index (κ3) is 3.28. The lowest BCUT2D eigenvalue weighted by molar-refractivity contribution is 0.0942. The molecule has 0 aromatic heterocycles. The number of piperidine rings is 1. The number of hydrogen-bond donors (Lipinski definition) is 1. The number of aliphatic hydroxyl groups excluding tert-OH is 1. The van der Waals surface area contributed by atoms with E-state index in [0.717, 1.165) is 17.9 Å². The molecule has 3 heteroatoms. The molecule has 0 spiro atoms. The van der Waals surface area contributed by atoms with Gasteiger partial charge >= 0.3 is 0 Å². The normalized spacial score (nSPS) is 24.4. The van der Waals surface area contributed by atoms with E-state index in [1.165, 1.54) is 24.8 Å². The molecule has 0 amide bonds. The molecule has 1 saturated heterocycles. The lowest BCUT2D eigenvalue weighted by atomic mass is 9.96. The highest BCUT2D eigenvalue weighted by atomic mass is 16.5. The summed E-state index contributed by atoms with van der Waals surface area (Å²) in [4.78, 5) is 2.54. The number of nitrogens with zero attached hydrogens (tertiary/aromatic N) is 1. The molecule has 106 valence electrons. The third-order valence-corrected chi connectivity index (χ3v) is 4.26. The zero-order valence-corrected chi connectivity index (χ0v) is 12.2. The molecule has 1 aliphatic heterocycles. The summed E-state index contributed by atoms with van der Waals surface area (Å²) in [6.07, 6.45) is 3.87. The van der Waals surface area contributed by atoms with Gasteiger partial charge in [0.05, 0.1) is 13.7 Å². The zero-order chi connectivity index (χ0) is 13.8. The fourth-order valence-electron chi connectivity index (χ4n) is 3.04. The van der Waals surface area contributed by atoms with Crippen molar-refractivity contribution in [1.82, 2.24) is 4.90 Å². The van der Waals surface area contributed by atoms with Gasteiger partial charge in [0, 0.05) is 24.2 Å². The van der Waals surface area contributed by atoms with Gasteiger partial charge in [-0.1, -0.05) is 12.5 Å². The van der Waals surface area contributed by atoms with Crippen LogP contribution in [0.2, 0.25) is 0 Å². The SMILES string of the molecule is COc1ccc(CO)cc1CN1C(C)CCCC1C. The van der Waals surface area contributed by atoms with E-state index in [0.29, 0.717) is 12.1 Å². The highest BCUT2D eigenvalue weighted by molar-refractivity contribution is 5.37. The van der Waals surface area contributed by atoms with Gasteiger partial charge in [0.2, 0.25) is 0 Å². The van der Waals surface area contributed by atoms with Gasteiger partial charge in [-0.3, -0.25) is 4.90 Å². The first-order valence-corrected chi connectivity index (χ1v) is 7.18. The first-order valence-electron chi connectivity index (χ1n) is 7.18. The smallest absolute Gasteiger partial charge is 0.123 e. The van der Waals surface area contributed by atoms with Gasteiger partial charge in [-0.15, -0.1) is 0 Å². The molecule has 1 aromatic rings. The van der Waals surface area contributed by atoms with Crippen LogP contribution < -0.4 is 4.74 Å². The molecule has 0 radical (unpaired) electrons. The fraction of sp³-hybridized carbons (Fsp3) is 0.625. The molecular formula is C16H25NO2. The molecule has 1 aliphatic rings. The van der Waals surface area contributed by atoms with Crippen molar-refractivity contribution in [3.8, 4) is 5.75 Å². The van der Waals surface area contributed by atoms with Crippen LogP contribution in [0, 0.1) is 0 Å². The van der Waals surface area contributed by atoms with Crippen LogP contribution in [0.1, 0.15) is 44.2 Å². The molecule has 0 aliphatic carbocycles. The Balaban J connectivity index is 2.20. The number of benzene rings is 1. The maximum absolute atomic E-state index is 9.28. The minimum atomic E-state index is 0.0854. The fourth-order valence-corrected chi connectivity index (χ4v) is 3.04. The Morgan fingerprint density at radius 2 is 1.95 bits per heavy atom. The van der Waals surface area contributed by atoms with Gasteiger partial charge in [-0.2, -0.15) is 0 Å². The van der Waals surface area contributed by atoms with Crippen LogP contribution in [-0.4, -0.2) is 29.2 Å². The van der Waals surface area contributed by atoms with Crippen molar-refractivity contribution in [2.24, 2.45) is 0 Å². The largest absolute Gasteiger partial charge is 0.496 e. The van der Waals surface area contributed by atoms with Crippen LogP contribution >= 0.6 is 0 Å². The van der Waals surface area contributed by atoms with Gasteiger partial charge < -0.3 is 9.84 Å². The molecule has 19 heavy (non-hydrogen) atoms. The van der Waals surface area contributed by atoms with Crippen molar-refractivity contribution < 1.29 is 9.84 Å². The Labute approximate surface area is 116 Å². The summed E-state index contributed by atoms with van der Waals surface area (Å²) in [7, 11) is 1.71. The van der Waals surface area contributed by atoms with Crippen molar-refractivity contribution in [3.05, 3.63) is 29.3 Å². The quantitative estimate of drug-likeness (QED) is 0.906. The Kier molecular flexibility index (Phi) is 4.83. The Bertz CT molecular complexity index is 409. The van der Waals surface area contributed by atoms with Gasteiger partial charge in [0.15, 0.2) is 0 Å². The summed E-state index contributed by atoms with van der Waals surface area (Å²) in [5.74, 6) is 0.919. The second kappa shape index (κ2) is 6.40. The van der Waals surface area contributed by atoms with Crippen LogP contribution in [-0.2, 0) is 13.2 Å². The molecule has 0 bridgehead atoms. The van der Waals surface area contributed by atoms with E-state index in [1.54, 1.807) is 7.11 Å². The first-order chi connectivity index (χ1) is 9.15. The third-order valence-electron chi connectivity index (χ3n) is 4.26. The van der Waals surface area contributed by atoms with Gasteiger partial charge in [0.25, 0.3) is 0 Å². The second-order valence-corrected chi connectivity index (χ2v) is 5.61. The molecule has 2 unspecified atom stereocenters. The van der Waals surface area contributed by atoms with Crippen LogP contribution in [0.3, 0.4) is 0 Å². The van der Waals surface area contributed by atoms with Gasteiger partial charge in [0.1, 0.15) is 5.75 Å². The lowest BCUT2D eigenvalue weighted by Gasteiger charge is -2.39. The topological polar surface area (TPSA) is 32.7 Å². The molecule has 3 nitrogen and oxygen atoms in total. The highest BCUT2D eigenvalue weighted by Gasteiger charge is 2.25. The monoisotopic (exact) mass is 263 g/mol. The van der Waals surface area contributed by atoms with Crippen LogP contribution in [0.5, 0.6) is 5.75 Å². The maximum atomic E-state index is 9.28. The van der Waals surface area contributed by atoms with E-state index in [-0.39, 0.29) is 6.61 Å².